The summed E-state index contributed by atoms with van der Waals surface area (Å²) in [5.41, 5.74) is 4.93. The van der Waals surface area contributed by atoms with Crippen molar-refractivity contribution in [2.45, 2.75) is 13.5 Å². The molecule has 4 aromatic rings. The molecular formula is C27H22Br2N2O3. The maximum Gasteiger partial charge on any atom is 0.271 e. The Morgan fingerprint density at radius 2 is 1.65 bits per heavy atom. The van der Waals surface area contributed by atoms with Gasteiger partial charge in [-0.3, -0.25) is 4.79 Å². The lowest BCUT2D eigenvalue weighted by Gasteiger charge is -2.14. The molecule has 0 atom stereocenters. The molecule has 0 spiro atoms. The highest BCUT2D eigenvalue weighted by Gasteiger charge is 2.11. The molecule has 0 unspecified atom stereocenters. The van der Waals surface area contributed by atoms with Crippen molar-refractivity contribution >= 4 is 54.8 Å². The zero-order chi connectivity index (χ0) is 23.9. The first-order chi connectivity index (χ1) is 16.5. The van der Waals surface area contributed by atoms with Gasteiger partial charge in [0.25, 0.3) is 5.91 Å². The molecule has 7 heteroatoms. The average Bonchev–Trinajstić information content (AvgIpc) is 2.85. The molecule has 0 fully saturated rings. The predicted octanol–water partition coefficient (Wildman–Crippen LogP) is 7.11. The maximum atomic E-state index is 12.5. The van der Waals surface area contributed by atoms with E-state index in [1.807, 2.05) is 79.7 Å². The van der Waals surface area contributed by atoms with Gasteiger partial charge in [-0.2, -0.15) is 5.10 Å². The molecule has 0 aliphatic heterocycles. The summed E-state index contributed by atoms with van der Waals surface area (Å²) in [5, 5.41) is 6.22. The third-order valence-electron chi connectivity index (χ3n) is 5.05. The maximum absolute atomic E-state index is 12.5. The smallest absolute Gasteiger partial charge is 0.271 e. The van der Waals surface area contributed by atoms with E-state index in [0.717, 1.165) is 30.8 Å². The summed E-state index contributed by atoms with van der Waals surface area (Å²) < 4.78 is 13.6. The van der Waals surface area contributed by atoms with Crippen LogP contribution in [0.5, 0.6) is 11.5 Å². The topological polar surface area (TPSA) is 59.9 Å². The summed E-state index contributed by atoms with van der Waals surface area (Å²) >= 11 is 7.00. The Hall–Kier alpha value is -3.16. The third kappa shape index (κ3) is 6.04. The lowest BCUT2D eigenvalue weighted by atomic mass is 10.1. The number of halogens is 2. The van der Waals surface area contributed by atoms with Gasteiger partial charge >= 0.3 is 0 Å². The van der Waals surface area contributed by atoms with Crippen molar-refractivity contribution in [2.75, 3.05) is 6.61 Å². The summed E-state index contributed by atoms with van der Waals surface area (Å²) in [5.74, 6) is 0.941. The van der Waals surface area contributed by atoms with Gasteiger partial charge in [0.05, 0.1) is 12.8 Å². The number of hydrogen-bond donors (Lipinski definition) is 1. The van der Waals surface area contributed by atoms with Crippen LogP contribution < -0.4 is 14.9 Å². The minimum Gasteiger partial charge on any atom is -0.490 e. The quantitative estimate of drug-likeness (QED) is 0.178. The van der Waals surface area contributed by atoms with Gasteiger partial charge < -0.3 is 9.47 Å². The van der Waals surface area contributed by atoms with Gasteiger partial charge in [0.15, 0.2) is 11.5 Å². The van der Waals surface area contributed by atoms with Crippen LogP contribution in [0.2, 0.25) is 0 Å². The fraction of sp³-hybridized carbons (Fsp3) is 0.111. The van der Waals surface area contributed by atoms with E-state index >= 15 is 0 Å². The number of carbonyl (C=O) groups excluding carboxylic acids is 1. The molecule has 5 nitrogen and oxygen atoms in total. The number of carbonyl (C=O) groups is 1. The number of ether oxygens (including phenoxy) is 2. The molecule has 0 heterocycles. The van der Waals surface area contributed by atoms with Gasteiger partial charge in [0.1, 0.15) is 6.61 Å². The van der Waals surface area contributed by atoms with E-state index in [2.05, 4.69) is 42.4 Å². The first kappa shape index (κ1) is 24.0. The van der Waals surface area contributed by atoms with Crippen LogP contribution in [-0.2, 0) is 6.61 Å². The van der Waals surface area contributed by atoms with E-state index < -0.39 is 0 Å². The standard InChI is InChI=1S/C27H22Br2N2O3/c1-2-33-25-14-22(24(29)15-26(25)34-17-18-7-11-23(28)12-8-18)16-30-31-27(32)21-10-9-19-5-3-4-6-20(19)13-21/h3-16H,2,17H2,1H3,(H,31,32)/b30-16-. The van der Waals surface area contributed by atoms with Gasteiger partial charge in [0, 0.05) is 20.1 Å². The minimum atomic E-state index is -0.280. The normalized spacial score (nSPS) is 11.0. The zero-order valence-corrected chi connectivity index (χ0v) is 21.6. The fourth-order valence-corrected chi connectivity index (χ4v) is 4.02. The van der Waals surface area contributed by atoms with Crippen LogP contribution in [0.1, 0.15) is 28.4 Å². The summed E-state index contributed by atoms with van der Waals surface area (Å²) in [7, 11) is 0. The Morgan fingerprint density at radius 1 is 0.912 bits per heavy atom. The molecule has 0 aliphatic rings. The highest BCUT2D eigenvalue weighted by atomic mass is 79.9. The number of hydrogen-bond acceptors (Lipinski definition) is 4. The number of nitrogens with one attached hydrogen (secondary N) is 1. The summed E-state index contributed by atoms with van der Waals surface area (Å²) in [6.45, 7) is 2.82. The van der Waals surface area contributed by atoms with Crippen LogP contribution in [0, 0.1) is 0 Å². The largest absolute Gasteiger partial charge is 0.490 e. The van der Waals surface area contributed by atoms with E-state index in [1.165, 1.54) is 0 Å². The van der Waals surface area contributed by atoms with E-state index in [0.29, 0.717) is 30.3 Å². The van der Waals surface area contributed by atoms with Crippen LogP contribution in [0.4, 0.5) is 0 Å². The van der Waals surface area contributed by atoms with Gasteiger partial charge in [-0.05, 0) is 75.6 Å². The summed E-state index contributed by atoms with van der Waals surface area (Å²) in [4.78, 5) is 12.5. The minimum absolute atomic E-state index is 0.280. The molecule has 172 valence electrons. The SMILES string of the molecule is CCOc1cc(/C=N\NC(=O)c2ccc3ccccc3c2)c(Br)cc1OCc1ccc(Br)cc1. The number of fused-ring (bicyclic) bond motifs is 1. The lowest BCUT2D eigenvalue weighted by molar-refractivity contribution is 0.0955. The number of amides is 1. The van der Waals surface area contributed by atoms with Crippen molar-refractivity contribution in [3.05, 3.63) is 104 Å². The van der Waals surface area contributed by atoms with Crippen molar-refractivity contribution in [1.82, 2.24) is 5.43 Å². The second kappa shape index (κ2) is 11.3. The Balaban J connectivity index is 1.46. The Morgan fingerprint density at radius 3 is 2.41 bits per heavy atom. The molecule has 4 aromatic carbocycles. The molecular weight excluding hydrogens is 560 g/mol. The van der Waals surface area contributed by atoms with Crippen molar-refractivity contribution in [2.24, 2.45) is 5.10 Å². The Bertz CT molecular complexity index is 1340. The molecule has 4 rings (SSSR count). The first-order valence-corrected chi connectivity index (χ1v) is 12.3. The molecule has 34 heavy (non-hydrogen) atoms. The molecule has 1 N–H and O–H groups in total. The second-order valence-electron chi connectivity index (χ2n) is 7.43. The number of nitrogens with zero attached hydrogens (tertiary/aromatic N) is 1. The van der Waals surface area contributed by atoms with Gasteiger partial charge in [-0.25, -0.2) is 5.43 Å². The van der Waals surface area contributed by atoms with Gasteiger partial charge in [0.2, 0.25) is 0 Å². The van der Waals surface area contributed by atoms with Crippen LogP contribution >= 0.6 is 31.9 Å². The Kier molecular flexibility index (Phi) is 7.98. The lowest BCUT2D eigenvalue weighted by Crippen LogP contribution is -2.17. The van der Waals surface area contributed by atoms with Gasteiger partial charge in [-0.1, -0.05) is 58.4 Å². The zero-order valence-electron chi connectivity index (χ0n) is 18.4. The van der Waals surface area contributed by atoms with Crippen molar-refractivity contribution in [3.63, 3.8) is 0 Å². The van der Waals surface area contributed by atoms with E-state index in [4.69, 9.17) is 9.47 Å². The fourth-order valence-electron chi connectivity index (χ4n) is 3.33. The monoisotopic (exact) mass is 580 g/mol. The summed E-state index contributed by atoms with van der Waals surface area (Å²) in [6.07, 6.45) is 1.57. The summed E-state index contributed by atoms with van der Waals surface area (Å²) in [6, 6.07) is 25.1. The molecule has 0 saturated heterocycles. The average molecular weight is 582 g/mol. The second-order valence-corrected chi connectivity index (χ2v) is 9.20. The molecule has 0 radical (unpaired) electrons. The van der Waals surface area contributed by atoms with Crippen molar-refractivity contribution in [3.8, 4) is 11.5 Å². The van der Waals surface area contributed by atoms with Crippen LogP contribution in [-0.4, -0.2) is 18.7 Å². The molecule has 0 aliphatic carbocycles. The molecule has 0 saturated carbocycles. The van der Waals surface area contributed by atoms with Crippen molar-refractivity contribution < 1.29 is 14.3 Å². The molecule has 1 amide bonds. The molecule has 0 aromatic heterocycles. The van der Waals surface area contributed by atoms with E-state index in [-0.39, 0.29) is 5.91 Å². The van der Waals surface area contributed by atoms with E-state index in [1.54, 1.807) is 12.3 Å². The van der Waals surface area contributed by atoms with E-state index in [9.17, 15) is 4.79 Å². The highest BCUT2D eigenvalue weighted by Crippen LogP contribution is 2.34. The highest BCUT2D eigenvalue weighted by molar-refractivity contribution is 9.10. The molecule has 0 bridgehead atoms. The number of rotatable bonds is 8. The number of hydrazone groups is 1. The third-order valence-corrected chi connectivity index (χ3v) is 6.27. The number of benzene rings is 4. The Labute approximate surface area is 215 Å². The van der Waals surface area contributed by atoms with Crippen LogP contribution in [0.3, 0.4) is 0 Å². The van der Waals surface area contributed by atoms with Crippen molar-refractivity contribution in [1.29, 1.82) is 0 Å². The van der Waals surface area contributed by atoms with Crippen LogP contribution in [0.15, 0.2) is 92.9 Å². The van der Waals surface area contributed by atoms with Crippen LogP contribution in [0.25, 0.3) is 10.8 Å². The van der Waals surface area contributed by atoms with Gasteiger partial charge in [-0.15, -0.1) is 0 Å². The predicted molar refractivity (Wildman–Crippen MR) is 143 cm³/mol. The first-order valence-electron chi connectivity index (χ1n) is 10.7.